The maximum atomic E-state index is 11.1. The lowest BCUT2D eigenvalue weighted by Crippen LogP contribution is -2.02. The van der Waals surface area contributed by atoms with Crippen molar-refractivity contribution < 1.29 is 4.79 Å². The second-order valence-electron chi connectivity index (χ2n) is 5.55. The molecule has 0 amide bonds. The van der Waals surface area contributed by atoms with Gasteiger partial charge in [-0.3, -0.25) is 9.48 Å². The van der Waals surface area contributed by atoms with Crippen LogP contribution in [0.3, 0.4) is 0 Å². The van der Waals surface area contributed by atoms with Gasteiger partial charge in [0.05, 0.1) is 11.9 Å². The van der Waals surface area contributed by atoms with E-state index in [0.717, 1.165) is 34.5 Å². The number of carbonyl (C=O) groups excluding carboxylic acids is 1. The summed E-state index contributed by atoms with van der Waals surface area (Å²) in [7, 11) is 3.71. The van der Waals surface area contributed by atoms with E-state index in [4.69, 9.17) is 0 Å². The molecule has 0 aromatic carbocycles. The predicted octanol–water partition coefficient (Wildman–Crippen LogP) is 2.86. The molecule has 0 radical (unpaired) electrons. The molecule has 130 valence electrons. The Hall–Kier alpha value is -3.15. The van der Waals surface area contributed by atoms with Crippen molar-refractivity contribution in [2.45, 2.75) is 13.8 Å². The first kappa shape index (κ1) is 18.2. The molecule has 0 bridgehead atoms. The molecular weight excluding hydrogens is 314 g/mol. The standard InChI is InChI=1S/C19H23N5O/c1-6-7-16(9-20-4)14(2)8-19(17-10-21-23(5)11-17)24-12-18(13-25)22-15(24)3/h6-13,20H,2H2,1,3-5H3/b7-6-,16-9+,19-8-. The molecule has 2 aromatic rings. The highest BCUT2D eigenvalue weighted by Gasteiger charge is 2.13. The van der Waals surface area contributed by atoms with E-state index in [1.165, 1.54) is 0 Å². The smallest absolute Gasteiger partial charge is 0.170 e. The third kappa shape index (κ3) is 4.23. The predicted molar refractivity (Wildman–Crippen MR) is 100 cm³/mol. The maximum absolute atomic E-state index is 11.1. The normalized spacial score (nSPS) is 12.6. The topological polar surface area (TPSA) is 64.7 Å². The zero-order valence-corrected chi connectivity index (χ0v) is 15.0. The van der Waals surface area contributed by atoms with E-state index in [-0.39, 0.29) is 0 Å². The molecular formula is C19H23N5O. The number of aldehydes is 1. The summed E-state index contributed by atoms with van der Waals surface area (Å²) >= 11 is 0. The minimum absolute atomic E-state index is 0.386. The number of aromatic nitrogens is 4. The van der Waals surface area contributed by atoms with Crippen LogP contribution in [0.15, 0.2) is 60.7 Å². The first-order valence-corrected chi connectivity index (χ1v) is 7.91. The Morgan fingerprint density at radius 1 is 1.36 bits per heavy atom. The first-order chi connectivity index (χ1) is 12.0. The molecule has 0 aliphatic rings. The molecule has 6 nitrogen and oxygen atoms in total. The largest absolute Gasteiger partial charge is 0.393 e. The van der Waals surface area contributed by atoms with Crippen molar-refractivity contribution >= 4 is 12.0 Å². The molecule has 25 heavy (non-hydrogen) atoms. The summed E-state index contributed by atoms with van der Waals surface area (Å²) in [6.07, 6.45) is 13.9. The second-order valence-corrected chi connectivity index (χ2v) is 5.55. The van der Waals surface area contributed by atoms with Crippen molar-refractivity contribution in [2.24, 2.45) is 7.05 Å². The molecule has 0 aliphatic carbocycles. The molecule has 0 spiro atoms. The van der Waals surface area contributed by atoms with Gasteiger partial charge in [-0.05, 0) is 31.1 Å². The van der Waals surface area contributed by atoms with Crippen LogP contribution in [0.4, 0.5) is 0 Å². The van der Waals surface area contributed by atoms with Crippen LogP contribution < -0.4 is 5.32 Å². The molecule has 1 N–H and O–H groups in total. The fraction of sp³-hybridized carbons (Fsp3) is 0.211. The number of rotatable bonds is 7. The van der Waals surface area contributed by atoms with Crippen molar-refractivity contribution in [3.8, 4) is 0 Å². The Bertz CT molecular complexity index is 864. The Morgan fingerprint density at radius 3 is 2.64 bits per heavy atom. The number of allylic oxidation sites excluding steroid dienone is 5. The van der Waals surface area contributed by atoms with Gasteiger partial charge in [-0.25, -0.2) is 4.98 Å². The van der Waals surface area contributed by atoms with E-state index < -0.39 is 0 Å². The third-order valence-electron chi connectivity index (χ3n) is 3.61. The number of hydrogen-bond donors (Lipinski definition) is 1. The van der Waals surface area contributed by atoms with Crippen LogP contribution in [0.2, 0.25) is 0 Å². The fourth-order valence-corrected chi connectivity index (χ4v) is 2.47. The van der Waals surface area contributed by atoms with Gasteiger partial charge in [0.1, 0.15) is 11.5 Å². The highest BCUT2D eigenvalue weighted by molar-refractivity contribution is 5.75. The van der Waals surface area contributed by atoms with E-state index in [1.54, 1.807) is 17.1 Å². The van der Waals surface area contributed by atoms with E-state index in [9.17, 15) is 4.79 Å². The maximum Gasteiger partial charge on any atom is 0.170 e. The lowest BCUT2D eigenvalue weighted by Gasteiger charge is -2.11. The average Bonchev–Trinajstić information content (AvgIpc) is 3.18. The lowest BCUT2D eigenvalue weighted by atomic mass is 10.1. The minimum atomic E-state index is 0.386. The number of imidazole rings is 1. The Morgan fingerprint density at radius 2 is 2.12 bits per heavy atom. The Labute approximate surface area is 147 Å². The van der Waals surface area contributed by atoms with E-state index in [1.807, 2.05) is 63.1 Å². The quantitative estimate of drug-likeness (QED) is 0.623. The van der Waals surface area contributed by atoms with Gasteiger partial charge in [-0.2, -0.15) is 5.10 Å². The minimum Gasteiger partial charge on any atom is -0.393 e. The van der Waals surface area contributed by atoms with Gasteiger partial charge < -0.3 is 9.88 Å². The van der Waals surface area contributed by atoms with E-state index in [2.05, 4.69) is 22.0 Å². The van der Waals surface area contributed by atoms with Crippen molar-refractivity contribution in [1.29, 1.82) is 0 Å². The van der Waals surface area contributed by atoms with Gasteiger partial charge in [-0.1, -0.05) is 18.7 Å². The van der Waals surface area contributed by atoms with Crippen LogP contribution in [-0.2, 0) is 7.05 Å². The van der Waals surface area contributed by atoms with Gasteiger partial charge >= 0.3 is 0 Å². The molecule has 0 aliphatic heterocycles. The van der Waals surface area contributed by atoms with E-state index in [0.29, 0.717) is 5.69 Å². The van der Waals surface area contributed by atoms with Gasteiger partial charge in [0, 0.05) is 38.3 Å². The Kier molecular flexibility index (Phi) is 5.89. The number of carbonyl (C=O) groups is 1. The highest BCUT2D eigenvalue weighted by Crippen LogP contribution is 2.23. The second kappa shape index (κ2) is 8.10. The van der Waals surface area contributed by atoms with Gasteiger partial charge in [0.25, 0.3) is 0 Å². The van der Waals surface area contributed by atoms with Crippen molar-refractivity contribution in [1.82, 2.24) is 24.6 Å². The number of nitrogens with zero attached hydrogens (tertiary/aromatic N) is 4. The van der Waals surface area contributed by atoms with Crippen LogP contribution in [0, 0.1) is 6.92 Å². The number of nitrogens with one attached hydrogen (secondary N) is 1. The number of hydrogen-bond acceptors (Lipinski definition) is 4. The van der Waals surface area contributed by atoms with Crippen molar-refractivity contribution in [2.75, 3.05) is 7.05 Å². The van der Waals surface area contributed by atoms with Crippen LogP contribution in [0.25, 0.3) is 5.70 Å². The van der Waals surface area contributed by atoms with Crippen molar-refractivity contribution in [3.05, 3.63) is 77.8 Å². The van der Waals surface area contributed by atoms with Gasteiger partial charge in [-0.15, -0.1) is 0 Å². The summed E-state index contributed by atoms with van der Waals surface area (Å²) in [6.45, 7) is 7.99. The molecule has 0 fully saturated rings. The first-order valence-electron chi connectivity index (χ1n) is 7.91. The molecule has 0 atom stereocenters. The zero-order chi connectivity index (χ0) is 18.4. The summed E-state index contributed by atoms with van der Waals surface area (Å²) in [5.74, 6) is 0.718. The number of aryl methyl sites for hydroxylation is 2. The average molecular weight is 337 g/mol. The van der Waals surface area contributed by atoms with Gasteiger partial charge in [0.15, 0.2) is 6.29 Å². The summed E-state index contributed by atoms with van der Waals surface area (Å²) < 4.78 is 3.60. The van der Waals surface area contributed by atoms with E-state index >= 15 is 0 Å². The van der Waals surface area contributed by atoms with Gasteiger partial charge in [0.2, 0.25) is 0 Å². The third-order valence-corrected chi connectivity index (χ3v) is 3.61. The molecule has 2 rings (SSSR count). The molecule has 0 saturated heterocycles. The highest BCUT2D eigenvalue weighted by atomic mass is 16.1. The molecule has 6 heteroatoms. The van der Waals surface area contributed by atoms with Crippen molar-refractivity contribution in [3.63, 3.8) is 0 Å². The summed E-state index contributed by atoms with van der Waals surface area (Å²) in [4.78, 5) is 15.3. The summed E-state index contributed by atoms with van der Waals surface area (Å²) in [5, 5.41) is 7.28. The summed E-state index contributed by atoms with van der Waals surface area (Å²) in [6, 6.07) is 0. The SMILES string of the molecule is C=C(/C=C(/c1cnn(C)c1)n1cc(C=O)nc1C)C(/C=C\C)=C/NC. The van der Waals surface area contributed by atoms with Crippen LogP contribution >= 0.6 is 0 Å². The monoisotopic (exact) mass is 337 g/mol. The fourth-order valence-electron chi connectivity index (χ4n) is 2.47. The zero-order valence-electron chi connectivity index (χ0n) is 15.0. The molecule has 2 aromatic heterocycles. The molecule has 0 unspecified atom stereocenters. The van der Waals surface area contributed by atoms with Crippen LogP contribution in [0.5, 0.6) is 0 Å². The van der Waals surface area contributed by atoms with Crippen LogP contribution in [-0.4, -0.2) is 32.7 Å². The summed E-state index contributed by atoms with van der Waals surface area (Å²) in [5.41, 5.74) is 3.93. The molecule has 2 heterocycles. The molecule has 0 saturated carbocycles. The Balaban J connectivity index is 2.58. The lowest BCUT2D eigenvalue weighted by molar-refractivity contribution is 0.111. The van der Waals surface area contributed by atoms with Crippen LogP contribution in [0.1, 0.15) is 28.8 Å².